The Bertz CT molecular complexity index is 1170. The maximum Gasteiger partial charge on any atom is 0.274 e. The molecule has 168 valence electrons. The van der Waals surface area contributed by atoms with Crippen molar-refractivity contribution < 1.29 is 9.53 Å². The van der Waals surface area contributed by atoms with E-state index in [2.05, 4.69) is 31.4 Å². The van der Waals surface area contributed by atoms with E-state index in [1.54, 1.807) is 4.90 Å². The standard InChI is InChI=1S/C26H31N3O2S/c1-17-14-26(17,32)29-22(24(30)28(4)20-8-6-5-7-9-20)13-19-12-21(27-16-23(19)29)18-10-11-31-25(2,3)15-18/h5-9,12-13,16-18,32H,10-11,14-15H2,1-4H3/t17-,18?,26+/m0/s1. The van der Waals surface area contributed by atoms with Crippen molar-refractivity contribution in [1.29, 1.82) is 0 Å². The van der Waals surface area contributed by atoms with Gasteiger partial charge in [-0.1, -0.05) is 25.1 Å². The van der Waals surface area contributed by atoms with Crippen LogP contribution in [0.4, 0.5) is 5.69 Å². The number of carbonyl (C=O) groups is 1. The predicted molar refractivity (Wildman–Crippen MR) is 132 cm³/mol. The molecule has 3 aromatic rings. The summed E-state index contributed by atoms with van der Waals surface area (Å²) in [6.45, 7) is 7.22. The number of thiol groups is 1. The summed E-state index contributed by atoms with van der Waals surface area (Å²) >= 11 is 5.01. The zero-order valence-electron chi connectivity index (χ0n) is 19.2. The number of carbonyl (C=O) groups excluding carboxylic acids is 1. The summed E-state index contributed by atoms with van der Waals surface area (Å²) < 4.78 is 8.01. The van der Waals surface area contributed by atoms with Crippen LogP contribution in [-0.2, 0) is 9.61 Å². The number of aromatic nitrogens is 2. The summed E-state index contributed by atoms with van der Waals surface area (Å²) in [5.74, 6) is 0.724. The second-order valence-corrected chi connectivity index (χ2v) is 10.8. The molecule has 1 aliphatic carbocycles. The SMILES string of the molecule is C[C@H]1C[C@]1(S)n1c(C(=O)N(C)c2ccccc2)cc2cc(C3CCOC(C)(C)C3)ncc21. The first-order chi connectivity index (χ1) is 15.2. The minimum absolute atomic E-state index is 0.0336. The number of benzene rings is 1. The zero-order chi connectivity index (χ0) is 22.7. The van der Waals surface area contributed by atoms with E-state index in [1.807, 2.05) is 49.6 Å². The van der Waals surface area contributed by atoms with E-state index in [4.69, 9.17) is 22.3 Å². The van der Waals surface area contributed by atoms with Crippen molar-refractivity contribution in [2.45, 2.75) is 56.4 Å². The molecule has 3 atom stereocenters. The number of amides is 1. The maximum atomic E-state index is 13.6. The number of fused-ring (bicyclic) bond motifs is 1. The number of anilines is 1. The van der Waals surface area contributed by atoms with Gasteiger partial charge in [-0.05, 0) is 63.3 Å². The molecule has 0 spiro atoms. The molecule has 1 saturated carbocycles. The molecule has 1 saturated heterocycles. The Kier molecular flexibility index (Phi) is 5.13. The molecule has 0 bridgehead atoms. The lowest BCUT2D eigenvalue weighted by Crippen LogP contribution is -2.33. The quantitative estimate of drug-likeness (QED) is 0.527. The van der Waals surface area contributed by atoms with Crippen LogP contribution >= 0.6 is 12.6 Å². The van der Waals surface area contributed by atoms with Gasteiger partial charge in [0.25, 0.3) is 5.91 Å². The maximum absolute atomic E-state index is 13.6. The molecule has 0 N–H and O–H groups in total. The number of hydrogen-bond acceptors (Lipinski definition) is 4. The molecule has 5 rings (SSSR count). The second kappa shape index (κ2) is 7.63. The van der Waals surface area contributed by atoms with Crippen LogP contribution in [0.25, 0.3) is 10.9 Å². The molecule has 32 heavy (non-hydrogen) atoms. The van der Waals surface area contributed by atoms with Crippen LogP contribution in [0.2, 0.25) is 0 Å². The summed E-state index contributed by atoms with van der Waals surface area (Å²) in [5, 5.41) is 1.05. The Hall–Kier alpha value is -2.31. The Morgan fingerprint density at radius 3 is 2.59 bits per heavy atom. The largest absolute Gasteiger partial charge is 0.376 e. The highest BCUT2D eigenvalue weighted by Gasteiger charge is 2.52. The number of ether oxygens (including phenoxy) is 1. The molecule has 1 amide bonds. The molecule has 1 aromatic carbocycles. The van der Waals surface area contributed by atoms with Gasteiger partial charge in [-0.25, -0.2) is 0 Å². The summed E-state index contributed by atoms with van der Waals surface area (Å²) in [5.41, 5.74) is 3.46. The third kappa shape index (κ3) is 3.63. The lowest BCUT2D eigenvalue weighted by Gasteiger charge is -2.35. The van der Waals surface area contributed by atoms with Gasteiger partial charge in [-0.2, -0.15) is 12.6 Å². The Morgan fingerprint density at radius 2 is 1.94 bits per heavy atom. The van der Waals surface area contributed by atoms with Gasteiger partial charge in [0.05, 0.1) is 22.2 Å². The average Bonchev–Trinajstić information content (AvgIpc) is 3.20. The first-order valence-corrected chi connectivity index (χ1v) is 11.9. The molecular formula is C26H31N3O2S. The van der Waals surface area contributed by atoms with E-state index in [0.717, 1.165) is 48.2 Å². The van der Waals surface area contributed by atoms with E-state index < -0.39 is 0 Å². The van der Waals surface area contributed by atoms with Gasteiger partial charge < -0.3 is 14.2 Å². The van der Waals surface area contributed by atoms with Gasteiger partial charge in [-0.15, -0.1) is 0 Å². The highest BCUT2D eigenvalue weighted by atomic mass is 32.1. The van der Waals surface area contributed by atoms with E-state index >= 15 is 0 Å². The number of para-hydroxylation sites is 1. The summed E-state index contributed by atoms with van der Waals surface area (Å²) in [6, 6.07) is 13.9. The fraction of sp³-hybridized carbons (Fsp3) is 0.462. The van der Waals surface area contributed by atoms with Crippen LogP contribution in [0.1, 0.15) is 62.1 Å². The Morgan fingerprint density at radius 1 is 1.22 bits per heavy atom. The van der Waals surface area contributed by atoms with Crippen molar-refractivity contribution in [3.05, 3.63) is 60.0 Å². The third-order valence-corrected chi connectivity index (χ3v) is 7.94. The average molecular weight is 450 g/mol. The molecule has 5 nitrogen and oxygen atoms in total. The van der Waals surface area contributed by atoms with Crippen LogP contribution < -0.4 is 4.90 Å². The molecule has 1 aliphatic heterocycles. The van der Waals surface area contributed by atoms with Gasteiger partial charge in [0.15, 0.2) is 0 Å². The van der Waals surface area contributed by atoms with Crippen molar-refractivity contribution in [1.82, 2.24) is 9.55 Å². The van der Waals surface area contributed by atoms with Crippen LogP contribution in [-0.4, -0.2) is 34.7 Å². The highest BCUT2D eigenvalue weighted by molar-refractivity contribution is 7.81. The monoisotopic (exact) mass is 449 g/mol. The van der Waals surface area contributed by atoms with Crippen LogP contribution in [0.3, 0.4) is 0 Å². The minimum atomic E-state index is -0.353. The van der Waals surface area contributed by atoms with Crippen molar-refractivity contribution in [2.75, 3.05) is 18.6 Å². The van der Waals surface area contributed by atoms with Crippen LogP contribution in [0.15, 0.2) is 48.7 Å². The molecule has 2 aliphatic rings. The first-order valence-electron chi connectivity index (χ1n) is 11.4. The van der Waals surface area contributed by atoms with E-state index in [-0.39, 0.29) is 16.4 Å². The lowest BCUT2D eigenvalue weighted by molar-refractivity contribution is -0.0597. The number of hydrogen-bond donors (Lipinski definition) is 1. The Balaban J connectivity index is 1.58. The van der Waals surface area contributed by atoms with Gasteiger partial charge in [0.2, 0.25) is 0 Å². The van der Waals surface area contributed by atoms with Crippen molar-refractivity contribution in [3.8, 4) is 0 Å². The topological polar surface area (TPSA) is 47.4 Å². The first kappa shape index (κ1) is 21.5. The summed E-state index contributed by atoms with van der Waals surface area (Å²) in [7, 11) is 1.83. The second-order valence-electron chi connectivity index (χ2n) is 10.0. The molecule has 3 heterocycles. The van der Waals surface area contributed by atoms with Crippen LogP contribution in [0.5, 0.6) is 0 Å². The zero-order valence-corrected chi connectivity index (χ0v) is 20.1. The van der Waals surface area contributed by atoms with E-state index in [9.17, 15) is 4.79 Å². The molecule has 6 heteroatoms. The number of rotatable bonds is 4. The molecule has 2 aromatic heterocycles. The van der Waals surface area contributed by atoms with E-state index in [1.165, 1.54) is 0 Å². The number of pyridine rings is 1. The summed E-state index contributed by atoms with van der Waals surface area (Å²) in [6.07, 6.45) is 4.79. The fourth-order valence-corrected chi connectivity index (χ4v) is 5.54. The summed E-state index contributed by atoms with van der Waals surface area (Å²) in [4.78, 5) is 19.8. The lowest BCUT2D eigenvalue weighted by atomic mass is 9.86. The van der Waals surface area contributed by atoms with Crippen molar-refractivity contribution >= 4 is 35.1 Å². The van der Waals surface area contributed by atoms with Gasteiger partial charge in [0, 0.05) is 36.3 Å². The normalized spacial score (nSPS) is 26.8. The third-order valence-electron chi connectivity index (χ3n) is 7.11. The Labute approximate surface area is 195 Å². The minimum Gasteiger partial charge on any atom is -0.376 e. The van der Waals surface area contributed by atoms with Gasteiger partial charge >= 0.3 is 0 Å². The van der Waals surface area contributed by atoms with Crippen molar-refractivity contribution in [3.63, 3.8) is 0 Å². The van der Waals surface area contributed by atoms with Gasteiger partial charge in [0.1, 0.15) is 5.69 Å². The molecular weight excluding hydrogens is 418 g/mol. The molecule has 2 fully saturated rings. The van der Waals surface area contributed by atoms with Crippen LogP contribution in [0, 0.1) is 5.92 Å². The molecule has 1 unspecified atom stereocenters. The number of nitrogens with zero attached hydrogens (tertiary/aromatic N) is 3. The van der Waals surface area contributed by atoms with Gasteiger partial charge in [-0.3, -0.25) is 9.78 Å². The smallest absolute Gasteiger partial charge is 0.274 e. The molecule has 0 radical (unpaired) electrons. The fourth-order valence-electron chi connectivity index (χ4n) is 5.05. The highest BCUT2D eigenvalue weighted by Crippen LogP contribution is 2.55. The van der Waals surface area contributed by atoms with E-state index in [0.29, 0.717) is 17.5 Å². The predicted octanol–water partition coefficient (Wildman–Crippen LogP) is 5.61. The van der Waals surface area contributed by atoms with Crippen molar-refractivity contribution in [2.24, 2.45) is 5.92 Å².